The average Bonchev–Trinajstić information content (AvgIpc) is 3.07. The first-order valence-corrected chi connectivity index (χ1v) is 8.38. The van der Waals surface area contributed by atoms with E-state index in [2.05, 4.69) is 23.1 Å². The topological polar surface area (TPSA) is 49.8 Å². The molecule has 1 aromatic carbocycles. The van der Waals surface area contributed by atoms with Crippen molar-refractivity contribution in [2.45, 2.75) is 44.9 Å². The molecule has 3 aliphatic rings. The van der Waals surface area contributed by atoms with Gasteiger partial charge in [0.25, 0.3) is 0 Å². The second-order valence-corrected chi connectivity index (χ2v) is 6.92. The summed E-state index contributed by atoms with van der Waals surface area (Å²) in [5.74, 6) is 0.312. The highest BCUT2D eigenvalue weighted by Gasteiger charge is 2.47. The predicted molar refractivity (Wildman–Crippen MR) is 82.5 cm³/mol. The molecule has 0 spiro atoms. The highest BCUT2D eigenvalue weighted by Crippen LogP contribution is 2.43. The lowest BCUT2D eigenvalue weighted by Crippen LogP contribution is -2.39. The molecule has 2 fully saturated rings. The van der Waals surface area contributed by atoms with Gasteiger partial charge < -0.3 is 9.84 Å². The monoisotopic (exact) mass is 301 g/mol. The number of carbonyl (C=O) groups is 1. The van der Waals surface area contributed by atoms with E-state index >= 15 is 0 Å². The Balaban J connectivity index is 1.59. The van der Waals surface area contributed by atoms with E-state index in [1.165, 1.54) is 29.5 Å². The van der Waals surface area contributed by atoms with Gasteiger partial charge in [-0.3, -0.25) is 9.69 Å². The highest BCUT2D eigenvalue weighted by molar-refractivity contribution is 5.74. The predicted octanol–water partition coefficient (Wildman–Crippen LogP) is 2.44. The third-order valence-electron chi connectivity index (χ3n) is 5.74. The van der Waals surface area contributed by atoms with Crippen molar-refractivity contribution in [3.8, 4) is 0 Å². The number of benzene rings is 1. The summed E-state index contributed by atoms with van der Waals surface area (Å²) < 4.78 is 5.53. The van der Waals surface area contributed by atoms with Gasteiger partial charge in [0.1, 0.15) is 6.04 Å². The first kappa shape index (κ1) is 14.2. The fraction of sp³-hybridized carbons (Fsp3) is 0.611. The second-order valence-electron chi connectivity index (χ2n) is 6.92. The first-order valence-electron chi connectivity index (χ1n) is 8.38. The Kier molecular flexibility index (Phi) is 3.66. The number of nitrogens with zero attached hydrogens (tertiary/aromatic N) is 1. The Morgan fingerprint density at radius 2 is 2.27 bits per heavy atom. The number of hydrogen-bond acceptors (Lipinski definition) is 3. The lowest BCUT2D eigenvalue weighted by atomic mass is 9.94. The molecule has 4 rings (SSSR count). The largest absolute Gasteiger partial charge is 0.480 e. The Labute approximate surface area is 131 Å². The minimum atomic E-state index is -0.637. The molecule has 1 saturated heterocycles. The summed E-state index contributed by atoms with van der Waals surface area (Å²) in [5, 5.41) is 9.69. The quantitative estimate of drug-likeness (QED) is 0.931. The van der Waals surface area contributed by atoms with Crippen LogP contribution in [-0.2, 0) is 29.1 Å². The lowest BCUT2D eigenvalue weighted by Gasteiger charge is -2.27. The molecule has 3 atom stereocenters. The molecule has 0 radical (unpaired) electrons. The Hall–Kier alpha value is -1.39. The summed E-state index contributed by atoms with van der Waals surface area (Å²) in [6.07, 6.45) is 4.43. The molecule has 0 amide bonds. The van der Waals surface area contributed by atoms with Crippen molar-refractivity contribution >= 4 is 5.97 Å². The number of hydrogen-bond donors (Lipinski definition) is 1. The zero-order chi connectivity index (χ0) is 15.1. The fourth-order valence-corrected chi connectivity index (χ4v) is 4.76. The van der Waals surface area contributed by atoms with Crippen LogP contribution in [0.15, 0.2) is 18.2 Å². The first-order chi connectivity index (χ1) is 10.7. The molecule has 1 saturated carbocycles. The van der Waals surface area contributed by atoms with E-state index in [4.69, 9.17) is 4.74 Å². The van der Waals surface area contributed by atoms with E-state index in [1.54, 1.807) is 0 Å². The van der Waals surface area contributed by atoms with Crippen molar-refractivity contribution in [2.24, 2.45) is 11.8 Å². The molecule has 1 aromatic rings. The summed E-state index contributed by atoms with van der Waals surface area (Å²) in [6.45, 7) is 3.18. The third-order valence-corrected chi connectivity index (χ3v) is 5.74. The number of rotatable bonds is 3. The Morgan fingerprint density at radius 3 is 3.14 bits per heavy atom. The van der Waals surface area contributed by atoms with Crippen LogP contribution < -0.4 is 0 Å². The summed E-state index contributed by atoms with van der Waals surface area (Å²) in [7, 11) is 0. The zero-order valence-corrected chi connectivity index (χ0v) is 12.8. The molecular weight excluding hydrogens is 278 g/mol. The Bertz CT molecular complexity index is 586. The van der Waals surface area contributed by atoms with Crippen LogP contribution in [-0.4, -0.2) is 35.2 Å². The van der Waals surface area contributed by atoms with E-state index in [-0.39, 0.29) is 6.04 Å². The molecule has 0 bridgehead atoms. The molecule has 0 unspecified atom stereocenters. The summed E-state index contributed by atoms with van der Waals surface area (Å²) in [6, 6.07) is 6.08. The van der Waals surface area contributed by atoms with Gasteiger partial charge in [-0.05, 0) is 47.8 Å². The second kappa shape index (κ2) is 5.67. The summed E-state index contributed by atoms with van der Waals surface area (Å²) in [5.41, 5.74) is 3.96. The van der Waals surface area contributed by atoms with Crippen LogP contribution in [0.5, 0.6) is 0 Å². The van der Waals surface area contributed by atoms with Crippen LogP contribution >= 0.6 is 0 Å². The molecule has 118 valence electrons. The molecular formula is C18H23NO3. The van der Waals surface area contributed by atoms with Crippen LogP contribution in [0.2, 0.25) is 0 Å². The van der Waals surface area contributed by atoms with Crippen LogP contribution in [0.25, 0.3) is 0 Å². The number of fused-ring (bicyclic) bond motifs is 2. The SMILES string of the molecule is O=C(O)[C@@H]1[C@@H]2CCC[C@@H]2CN1Cc1cccc2c1CCOC2. The maximum absolute atomic E-state index is 11.8. The van der Waals surface area contributed by atoms with Crippen molar-refractivity contribution in [2.75, 3.05) is 13.2 Å². The van der Waals surface area contributed by atoms with Crippen LogP contribution in [0.4, 0.5) is 0 Å². The standard InChI is InChI=1S/C18H23NO3/c20-18(21)17-16-6-2-4-13(16)10-19(17)9-12-3-1-5-14-11-22-8-7-15(12)14/h1,3,5,13,16-17H,2,4,6-11H2,(H,20,21)/t13-,16-,17+/m1/s1. The van der Waals surface area contributed by atoms with Crippen LogP contribution in [0.1, 0.15) is 36.0 Å². The molecule has 2 aliphatic heterocycles. The number of carboxylic acid groups (broad SMARTS) is 1. The van der Waals surface area contributed by atoms with Gasteiger partial charge in [0.05, 0.1) is 13.2 Å². The highest BCUT2D eigenvalue weighted by atomic mass is 16.5. The van der Waals surface area contributed by atoms with Crippen LogP contribution in [0, 0.1) is 11.8 Å². The third kappa shape index (κ3) is 2.34. The van der Waals surface area contributed by atoms with Crippen molar-refractivity contribution in [3.63, 3.8) is 0 Å². The van der Waals surface area contributed by atoms with Gasteiger partial charge in [-0.15, -0.1) is 0 Å². The number of carboxylic acids is 1. The van der Waals surface area contributed by atoms with Crippen molar-refractivity contribution in [1.29, 1.82) is 0 Å². The van der Waals surface area contributed by atoms with Gasteiger partial charge >= 0.3 is 5.97 Å². The van der Waals surface area contributed by atoms with Crippen LogP contribution in [0.3, 0.4) is 0 Å². The smallest absolute Gasteiger partial charge is 0.321 e. The molecule has 0 aromatic heterocycles. The van der Waals surface area contributed by atoms with E-state index in [0.717, 1.165) is 32.5 Å². The van der Waals surface area contributed by atoms with Gasteiger partial charge in [0, 0.05) is 13.1 Å². The molecule has 1 aliphatic carbocycles. The van der Waals surface area contributed by atoms with Gasteiger partial charge in [0.15, 0.2) is 0 Å². The number of ether oxygens (including phenoxy) is 1. The minimum absolute atomic E-state index is 0.289. The van der Waals surface area contributed by atoms with Crippen molar-refractivity contribution < 1.29 is 14.6 Å². The minimum Gasteiger partial charge on any atom is -0.480 e. The van der Waals surface area contributed by atoms with E-state index in [1.807, 2.05) is 0 Å². The maximum Gasteiger partial charge on any atom is 0.321 e. The maximum atomic E-state index is 11.8. The van der Waals surface area contributed by atoms with E-state index < -0.39 is 5.97 Å². The van der Waals surface area contributed by atoms with Crippen molar-refractivity contribution in [3.05, 3.63) is 34.9 Å². The van der Waals surface area contributed by atoms with Gasteiger partial charge in [-0.1, -0.05) is 24.6 Å². The molecule has 2 heterocycles. The average molecular weight is 301 g/mol. The normalized spacial score (nSPS) is 31.0. The number of likely N-dealkylation sites (tertiary alicyclic amines) is 1. The Morgan fingerprint density at radius 1 is 1.36 bits per heavy atom. The fourth-order valence-electron chi connectivity index (χ4n) is 4.76. The molecule has 22 heavy (non-hydrogen) atoms. The lowest BCUT2D eigenvalue weighted by molar-refractivity contribution is -0.143. The molecule has 1 N–H and O–H groups in total. The molecule has 4 heteroatoms. The zero-order valence-electron chi connectivity index (χ0n) is 12.8. The summed E-state index contributed by atoms with van der Waals surface area (Å²) >= 11 is 0. The molecule has 4 nitrogen and oxygen atoms in total. The van der Waals surface area contributed by atoms with E-state index in [0.29, 0.717) is 18.4 Å². The van der Waals surface area contributed by atoms with E-state index in [9.17, 15) is 9.90 Å². The summed E-state index contributed by atoms with van der Waals surface area (Å²) in [4.78, 5) is 14.0. The van der Waals surface area contributed by atoms with Gasteiger partial charge in [-0.25, -0.2) is 0 Å². The number of aliphatic carboxylic acids is 1. The van der Waals surface area contributed by atoms with Gasteiger partial charge in [0.2, 0.25) is 0 Å². The van der Waals surface area contributed by atoms with Crippen molar-refractivity contribution in [1.82, 2.24) is 4.90 Å². The van der Waals surface area contributed by atoms with Gasteiger partial charge in [-0.2, -0.15) is 0 Å².